The van der Waals surface area contributed by atoms with Crippen molar-refractivity contribution < 1.29 is 27.9 Å². The highest BCUT2D eigenvalue weighted by atomic mass is 35.5. The zero-order chi connectivity index (χ0) is 15.5. The number of benzene rings is 1. The number of para-hydroxylation sites is 1. The van der Waals surface area contributed by atoms with E-state index in [2.05, 4.69) is 0 Å². The van der Waals surface area contributed by atoms with Gasteiger partial charge in [0.1, 0.15) is 10.1 Å². The summed E-state index contributed by atoms with van der Waals surface area (Å²) in [6, 6.07) is 4.16. The van der Waals surface area contributed by atoms with Crippen molar-refractivity contribution in [1.29, 1.82) is 0 Å². The summed E-state index contributed by atoms with van der Waals surface area (Å²) in [5, 5.41) is 8.46. The SMILES string of the molecule is O=C(O)/C(Cl)=C(\Cl)C(=O)Nc1ccccc1C(F)(F)F. The number of alkyl halides is 3. The average Bonchev–Trinajstić information content (AvgIpc) is 2.36. The number of carbonyl (C=O) groups excluding carboxylic acids is 1. The van der Waals surface area contributed by atoms with Crippen molar-refractivity contribution >= 4 is 40.8 Å². The molecule has 1 amide bonds. The third-order valence-electron chi connectivity index (χ3n) is 2.06. The van der Waals surface area contributed by atoms with Crippen molar-refractivity contribution in [3.63, 3.8) is 0 Å². The Labute approximate surface area is 120 Å². The van der Waals surface area contributed by atoms with E-state index >= 15 is 0 Å². The predicted molar refractivity (Wildman–Crippen MR) is 66.4 cm³/mol. The largest absolute Gasteiger partial charge is 0.477 e. The average molecular weight is 328 g/mol. The van der Waals surface area contributed by atoms with Crippen LogP contribution in [0.25, 0.3) is 0 Å². The number of halogens is 5. The Balaban J connectivity index is 3.10. The fourth-order valence-corrected chi connectivity index (χ4v) is 1.42. The predicted octanol–water partition coefficient (Wildman–Crippen LogP) is 3.42. The molecule has 0 radical (unpaired) electrons. The number of hydrogen-bond acceptors (Lipinski definition) is 2. The lowest BCUT2D eigenvalue weighted by molar-refractivity contribution is -0.137. The summed E-state index contributed by atoms with van der Waals surface area (Å²) in [4.78, 5) is 22.0. The van der Waals surface area contributed by atoms with E-state index in [-0.39, 0.29) is 0 Å². The van der Waals surface area contributed by atoms with Gasteiger partial charge in [0.25, 0.3) is 5.91 Å². The van der Waals surface area contributed by atoms with Crippen LogP contribution in [0.4, 0.5) is 18.9 Å². The second kappa shape index (κ2) is 6.15. The summed E-state index contributed by atoms with van der Waals surface area (Å²) in [6.07, 6.45) is -4.68. The number of anilines is 1. The second-order valence-electron chi connectivity index (χ2n) is 3.43. The Bertz CT molecular complexity index is 585. The molecule has 4 nitrogen and oxygen atoms in total. The van der Waals surface area contributed by atoms with Crippen LogP contribution < -0.4 is 5.32 Å². The molecule has 0 unspecified atom stereocenters. The number of rotatable bonds is 3. The molecular weight excluding hydrogens is 322 g/mol. The van der Waals surface area contributed by atoms with Crippen LogP contribution >= 0.6 is 23.2 Å². The van der Waals surface area contributed by atoms with Crippen molar-refractivity contribution in [3.05, 3.63) is 39.9 Å². The van der Waals surface area contributed by atoms with E-state index in [4.69, 9.17) is 28.3 Å². The smallest absolute Gasteiger partial charge is 0.418 e. The first-order chi connectivity index (χ1) is 9.14. The Kier molecular flexibility index (Phi) is 5.02. The lowest BCUT2D eigenvalue weighted by atomic mass is 10.1. The van der Waals surface area contributed by atoms with E-state index in [0.29, 0.717) is 0 Å². The number of carboxylic acid groups (broad SMARTS) is 1. The normalized spacial score (nSPS) is 12.7. The van der Waals surface area contributed by atoms with E-state index in [1.54, 1.807) is 0 Å². The summed E-state index contributed by atoms with van der Waals surface area (Å²) in [5.74, 6) is -2.92. The van der Waals surface area contributed by atoms with Gasteiger partial charge in [-0.05, 0) is 12.1 Å². The molecule has 1 aromatic rings. The number of carbonyl (C=O) groups is 2. The summed E-state index contributed by atoms with van der Waals surface area (Å²) in [7, 11) is 0. The molecule has 1 aromatic carbocycles. The number of aliphatic carboxylic acids is 1. The molecule has 0 aliphatic rings. The molecule has 0 spiro atoms. The summed E-state index contributed by atoms with van der Waals surface area (Å²) in [5.41, 5.74) is -1.65. The van der Waals surface area contributed by atoms with Crippen LogP contribution in [0.5, 0.6) is 0 Å². The van der Waals surface area contributed by atoms with E-state index in [1.807, 2.05) is 5.32 Å². The summed E-state index contributed by atoms with van der Waals surface area (Å²) < 4.78 is 38.0. The summed E-state index contributed by atoms with van der Waals surface area (Å²) in [6.45, 7) is 0. The quantitative estimate of drug-likeness (QED) is 0.836. The number of hydrogen-bond donors (Lipinski definition) is 2. The number of amides is 1. The lowest BCUT2D eigenvalue weighted by Crippen LogP contribution is -2.18. The molecule has 0 aromatic heterocycles. The molecule has 9 heteroatoms. The van der Waals surface area contributed by atoms with Gasteiger partial charge in [0.15, 0.2) is 0 Å². The zero-order valence-electron chi connectivity index (χ0n) is 9.46. The van der Waals surface area contributed by atoms with Crippen molar-refractivity contribution in [3.8, 4) is 0 Å². The third-order valence-corrected chi connectivity index (χ3v) is 2.87. The maximum absolute atomic E-state index is 12.7. The van der Waals surface area contributed by atoms with Gasteiger partial charge in [0.05, 0.1) is 11.3 Å². The molecule has 0 atom stereocenters. The maximum atomic E-state index is 12.7. The fourth-order valence-electron chi connectivity index (χ4n) is 1.21. The van der Waals surface area contributed by atoms with Gasteiger partial charge in [-0.15, -0.1) is 0 Å². The molecule has 0 aliphatic carbocycles. The fraction of sp³-hybridized carbons (Fsp3) is 0.0909. The first kappa shape index (κ1) is 16.3. The van der Waals surface area contributed by atoms with Gasteiger partial charge in [-0.3, -0.25) is 4.79 Å². The van der Waals surface area contributed by atoms with Gasteiger partial charge in [-0.1, -0.05) is 35.3 Å². The first-order valence-corrected chi connectivity index (χ1v) is 5.66. The molecule has 0 bridgehead atoms. The highest BCUT2D eigenvalue weighted by Crippen LogP contribution is 2.34. The second-order valence-corrected chi connectivity index (χ2v) is 4.19. The van der Waals surface area contributed by atoms with Crippen LogP contribution in [-0.4, -0.2) is 17.0 Å². The van der Waals surface area contributed by atoms with Crippen molar-refractivity contribution in [2.75, 3.05) is 5.32 Å². The van der Waals surface area contributed by atoms with Gasteiger partial charge in [0, 0.05) is 0 Å². The minimum atomic E-state index is -4.68. The first-order valence-electron chi connectivity index (χ1n) is 4.90. The van der Waals surface area contributed by atoms with Crippen molar-refractivity contribution in [1.82, 2.24) is 0 Å². The van der Waals surface area contributed by atoms with Crippen LogP contribution in [0.3, 0.4) is 0 Å². The van der Waals surface area contributed by atoms with Gasteiger partial charge in [-0.25, -0.2) is 4.79 Å². The van der Waals surface area contributed by atoms with Crippen LogP contribution in [0.1, 0.15) is 5.56 Å². The lowest BCUT2D eigenvalue weighted by Gasteiger charge is -2.13. The Morgan fingerprint density at radius 3 is 2.15 bits per heavy atom. The van der Waals surface area contributed by atoms with E-state index < -0.39 is 39.4 Å². The Morgan fingerprint density at radius 1 is 1.10 bits per heavy atom. The zero-order valence-corrected chi connectivity index (χ0v) is 11.0. The number of nitrogens with one attached hydrogen (secondary N) is 1. The molecule has 0 saturated carbocycles. The monoisotopic (exact) mass is 327 g/mol. The maximum Gasteiger partial charge on any atom is 0.418 e. The van der Waals surface area contributed by atoms with Crippen LogP contribution in [0.15, 0.2) is 34.3 Å². The van der Waals surface area contributed by atoms with Gasteiger partial charge >= 0.3 is 12.1 Å². The number of carboxylic acids is 1. The summed E-state index contributed by atoms with van der Waals surface area (Å²) >= 11 is 10.6. The minimum Gasteiger partial charge on any atom is -0.477 e. The van der Waals surface area contributed by atoms with E-state index in [9.17, 15) is 22.8 Å². The molecule has 108 valence electrons. The molecule has 20 heavy (non-hydrogen) atoms. The van der Waals surface area contributed by atoms with Gasteiger partial charge in [0.2, 0.25) is 0 Å². The highest BCUT2D eigenvalue weighted by molar-refractivity contribution is 6.54. The topological polar surface area (TPSA) is 66.4 Å². The van der Waals surface area contributed by atoms with Gasteiger partial charge in [-0.2, -0.15) is 13.2 Å². The Hall–Kier alpha value is -1.73. The third kappa shape index (κ3) is 3.88. The van der Waals surface area contributed by atoms with Crippen molar-refractivity contribution in [2.45, 2.75) is 6.18 Å². The molecule has 0 aliphatic heterocycles. The van der Waals surface area contributed by atoms with Crippen LogP contribution in [0.2, 0.25) is 0 Å². The molecule has 1 rings (SSSR count). The standard InChI is InChI=1S/C11H6Cl2F3NO3/c12-7(8(13)10(19)20)9(18)17-6-4-2-1-3-5(6)11(14,15)16/h1-4H,(H,17,18)(H,19,20)/b8-7+. The molecule has 0 saturated heterocycles. The van der Waals surface area contributed by atoms with Gasteiger partial charge < -0.3 is 10.4 Å². The molecule has 2 N–H and O–H groups in total. The molecule has 0 heterocycles. The van der Waals surface area contributed by atoms with Crippen molar-refractivity contribution in [2.24, 2.45) is 0 Å². The molecular formula is C11H6Cl2F3NO3. The van der Waals surface area contributed by atoms with E-state index in [0.717, 1.165) is 18.2 Å². The Morgan fingerprint density at radius 2 is 1.65 bits per heavy atom. The highest BCUT2D eigenvalue weighted by Gasteiger charge is 2.33. The molecule has 0 fully saturated rings. The minimum absolute atomic E-state index is 0.557. The van der Waals surface area contributed by atoms with Crippen LogP contribution in [-0.2, 0) is 15.8 Å². The van der Waals surface area contributed by atoms with Crippen LogP contribution in [0, 0.1) is 0 Å². The van der Waals surface area contributed by atoms with E-state index in [1.165, 1.54) is 6.07 Å².